The van der Waals surface area contributed by atoms with E-state index in [0.717, 1.165) is 5.69 Å². The molecule has 0 N–H and O–H groups in total. The Morgan fingerprint density at radius 3 is 2.72 bits per heavy atom. The second-order valence-electron chi connectivity index (χ2n) is 7.27. The van der Waals surface area contributed by atoms with E-state index in [0.29, 0.717) is 23.1 Å². The zero-order valence-corrected chi connectivity index (χ0v) is 17.6. The Morgan fingerprint density at radius 1 is 1.24 bits per heavy atom. The summed E-state index contributed by atoms with van der Waals surface area (Å²) in [5.41, 5.74) is 4.06. The summed E-state index contributed by atoms with van der Waals surface area (Å²) in [7, 11) is 0. The fourth-order valence-electron chi connectivity index (χ4n) is 3.74. The minimum absolute atomic E-state index is 0.0222. The number of nitriles is 1. The number of aryl methyl sites for hydroxylation is 2. The molecule has 1 saturated heterocycles. The van der Waals surface area contributed by atoms with E-state index < -0.39 is 11.7 Å². The Kier molecular flexibility index (Phi) is 5.28. The molecule has 0 saturated carbocycles. The first kappa shape index (κ1) is 19.8. The van der Waals surface area contributed by atoms with Gasteiger partial charge in [0.05, 0.1) is 29.2 Å². The van der Waals surface area contributed by atoms with Gasteiger partial charge < -0.3 is 4.90 Å². The molecule has 148 valence electrons. The topological polar surface area (TPSA) is 47.3 Å². The summed E-state index contributed by atoms with van der Waals surface area (Å²) in [6, 6.07) is 12.9. The molecule has 0 bridgehead atoms. The highest BCUT2D eigenvalue weighted by atomic mass is 35.5. The number of hydrogen-bond acceptors (Lipinski definition) is 4. The van der Waals surface area contributed by atoms with Gasteiger partial charge in [-0.15, -0.1) is 0 Å². The molecule has 4 nitrogen and oxygen atoms in total. The normalized spacial score (nSPS) is 19.3. The maximum atomic E-state index is 14.5. The van der Waals surface area contributed by atoms with Crippen molar-refractivity contribution < 1.29 is 9.18 Å². The second kappa shape index (κ2) is 7.74. The third-order valence-corrected chi connectivity index (χ3v) is 6.98. The van der Waals surface area contributed by atoms with Crippen LogP contribution in [-0.2, 0) is 4.79 Å². The highest BCUT2D eigenvalue weighted by molar-refractivity contribution is 8.03. The number of anilines is 1. The van der Waals surface area contributed by atoms with Crippen molar-refractivity contribution in [2.24, 2.45) is 0 Å². The van der Waals surface area contributed by atoms with Crippen molar-refractivity contribution in [1.82, 2.24) is 4.90 Å². The van der Waals surface area contributed by atoms with Crippen LogP contribution in [0.4, 0.5) is 10.1 Å². The Hall–Kier alpha value is -2.49. The van der Waals surface area contributed by atoms with E-state index in [1.807, 2.05) is 6.07 Å². The van der Waals surface area contributed by atoms with Gasteiger partial charge >= 0.3 is 0 Å². The fraction of sp³-hybridized carbons (Fsp3) is 0.273. The van der Waals surface area contributed by atoms with Gasteiger partial charge in [-0.05, 0) is 49.2 Å². The van der Waals surface area contributed by atoms with Gasteiger partial charge in [0.25, 0.3) is 0 Å². The predicted octanol–water partition coefficient (Wildman–Crippen LogP) is 5.32. The van der Waals surface area contributed by atoms with Gasteiger partial charge in [0.2, 0.25) is 5.91 Å². The van der Waals surface area contributed by atoms with Crippen LogP contribution in [0.15, 0.2) is 47.0 Å². The van der Waals surface area contributed by atoms with Crippen LogP contribution >= 0.6 is 23.4 Å². The van der Waals surface area contributed by atoms with Crippen molar-refractivity contribution >= 4 is 35.0 Å². The quantitative estimate of drug-likeness (QED) is 0.651. The molecule has 1 fully saturated rings. The number of fused-ring (bicyclic) bond motifs is 1. The number of benzene rings is 2. The largest absolute Gasteiger partial charge is 0.344 e. The van der Waals surface area contributed by atoms with Crippen LogP contribution in [0.2, 0.25) is 5.02 Å². The molecule has 29 heavy (non-hydrogen) atoms. The minimum atomic E-state index is -0.659. The molecule has 1 unspecified atom stereocenters. The van der Waals surface area contributed by atoms with Crippen molar-refractivity contribution in [2.45, 2.75) is 26.2 Å². The Balaban J connectivity index is 1.70. The van der Waals surface area contributed by atoms with Crippen LogP contribution in [0.5, 0.6) is 0 Å². The minimum Gasteiger partial charge on any atom is -0.344 e. The van der Waals surface area contributed by atoms with Crippen molar-refractivity contribution in [3.8, 4) is 6.07 Å². The summed E-state index contributed by atoms with van der Waals surface area (Å²) < 4.78 is 14.5. The molecule has 2 aliphatic rings. The number of thioether (sulfide) groups is 1. The number of amides is 1. The van der Waals surface area contributed by atoms with E-state index in [1.165, 1.54) is 35.0 Å². The third-order valence-electron chi connectivity index (χ3n) is 5.50. The molecule has 2 aromatic rings. The molecular weight excluding hydrogens is 409 g/mol. The van der Waals surface area contributed by atoms with E-state index in [4.69, 9.17) is 11.6 Å². The summed E-state index contributed by atoms with van der Waals surface area (Å²) >= 11 is 7.66. The predicted molar refractivity (Wildman–Crippen MR) is 114 cm³/mol. The second-order valence-corrected chi connectivity index (χ2v) is 8.61. The van der Waals surface area contributed by atoms with Gasteiger partial charge in [0.1, 0.15) is 5.82 Å². The molecule has 0 radical (unpaired) electrons. The molecule has 2 aromatic carbocycles. The van der Waals surface area contributed by atoms with Crippen LogP contribution in [0.25, 0.3) is 0 Å². The molecule has 0 aromatic heterocycles. The molecule has 2 aliphatic heterocycles. The number of rotatable bonds is 2. The molecule has 1 atom stereocenters. The van der Waals surface area contributed by atoms with E-state index in [1.54, 1.807) is 11.0 Å². The molecule has 0 aliphatic carbocycles. The molecular formula is C22H19ClFN3OS. The first-order valence-electron chi connectivity index (χ1n) is 9.24. The molecule has 4 rings (SSSR count). The lowest BCUT2D eigenvalue weighted by Crippen LogP contribution is -2.47. The monoisotopic (exact) mass is 427 g/mol. The van der Waals surface area contributed by atoms with Crippen LogP contribution in [0.1, 0.15) is 29.0 Å². The van der Waals surface area contributed by atoms with Crippen LogP contribution < -0.4 is 4.90 Å². The van der Waals surface area contributed by atoms with Crippen molar-refractivity contribution in [2.75, 3.05) is 17.4 Å². The van der Waals surface area contributed by atoms with E-state index in [-0.39, 0.29) is 22.9 Å². The molecule has 0 spiro atoms. The fourth-order valence-corrected chi connectivity index (χ4v) is 5.20. The Morgan fingerprint density at radius 2 is 2.03 bits per heavy atom. The number of allylic oxidation sites excluding steroid dienone is 1. The summed E-state index contributed by atoms with van der Waals surface area (Å²) in [6.07, 6.45) is 0.0222. The first-order valence-corrected chi connectivity index (χ1v) is 10.6. The number of halogens is 2. The molecule has 7 heteroatoms. The van der Waals surface area contributed by atoms with Crippen LogP contribution in [0.3, 0.4) is 0 Å². The molecule has 2 heterocycles. The number of carbonyl (C=O) groups is 1. The average Bonchev–Trinajstić information content (AvgIpc) is 2.70. The van der Waals surface area contributed by atoms with Gasteiger partial charge in [-0.3, -0.25) is 9.69 Å². The first-order chi connectivity index (χ1) is 13.9. The van der Waals surface area contributed by atoms with Gasteiger partial charge in [-0.2, -0.15) is 5.26 Å². The maximum Gasteiger partial charge on any atom is 0.229 e. The van der Waals surface area contributed by atoms with Gasteiger partial charge in [0, 0.05) is 28.6 Å². The van der Waals surface area contributed by atoms with Crippen molar-refractivity contribution in [3.05, 3.63) is 74.5 Å². The average molecular weight is 428 g/mol. The number of hydrogen-bond donors (Lipinski definition) is 0. The lowest BCUT2D eigenvalue weighted by molar-refractivity contribution is -0.129. The van der Waals surface area contributed by atoms with E-state index in [2.05, 4.69) is 36.9 Å². The lowest BCUT2D eigenvalue weighted by Gasteiger charge is -2.42. The summed E-state index contributed by atoms with van der Waals surface area (Å²) in [6.45, 7) is 4.49. The lowest BCUT2D eigenvalue weighted by atomic mass is 9.86. The highest BCUT2D eigenvalue weighted by Gasteiger charge is 2.39. The number of carbonyl (C=O) groups excluding carboxylic acids is 1. The standard InChI is InChI=1S/C22H19ClFN3OS/c1-13-6-7-15(8-14(13)2)26-11-27-20(28)9-16(17(10-25)22(27)29-12-26)21-18(23)4-3-5-19(21)24/h3-8,16H,9,11-12H2,1-2H3. The SMILES string of the molecule is Cc1ccc(N2CSC3=C(C#N)C(c4c(F)cccc4Cl)CC(=O)N3C2)cc1C. The van der Waals surface area contributed by atoms with Gasteiger partial charge in [-0.1, -0.05) is 35.5 Å². The summed E-state index contributed by atoms with van der Waals surface area (Å²) in [5.74, 6) is -0.683. The van der Waals surface area contributed by atoms with Crippen LogP contribution in [-0.4, -0.2) is 23.4 Å². The smallest absolute Gasteiger partial charge is 0.229 e. The van der Waals surface area contributed by atoms with Crippen molar-refractivity contribution in [1.29, 1.82) is 5.26 Å². The van der Waals surface area contributed by atoms with Gasteiger partial charge in [-0.25, -0.2) is 4.39 Å². The summed E-state index contributed by atoms with van der Waals surface area (Å²) in [5, 5.41) is 10.7. The summed E-state index contributed by atoms with van der Waals surface area (Å²) in [4.78, 5) is 16.7. The Bertz CT molecular complexity index is 1060. The number of nitrogens with zero attached hydrogens (tertiary/aromatic N) is 3. The molecule has 1 amide bonds. The zero-order valence-electron chi connectivity index (χ0n) is 16.1. The van der Waals surface area contributed by atoms with Crippen LogP contribution in [0, 0.1) is 31.0 Å². The zero-order chi connectivity index (χ0) is 20.7. The van der Waals surface area contributed by atoms with E-state index >= 15 is 0 Å². The maximum absolute atomic E-state index is 14.5. The van der Waals surface area contributed by atoms with Crippen molar-refractivity contribution in [3.63, 3.8) is 0 Å². The Labute approximate surface area is 178 Å². The third kappa shape index (κ3) is 3.50. The van der Waals surface area contributed by atoms with Gasteiger partial charge in [0.15, 0.2) is 0 Å². The highest BCUT2D eigenvalue weighted by Crippen LogP contribution is 2.45. The van der Waals surface area contributed by atoms with E-state index in [9.17, 15) is 14.4 Å².